The van der Waals surface area contributed by atoms with E-state index < -0.39 is 35.1 Å². The molecule has 0 amide bonds. The number of halogens is 4. The van der Waals surface area contributed by atoms with E-state index in [2.05, 4.69) is 4.74 Å². The van der Waals surface area contributed by atoms with Gasteiger partial charge in [-0.2, -0.15) is 13.2 Å². The molecule has 0 saturated heterocycles. The average Bonchev–Trinajstić information content (AvgIpc) is 2.47. The molecule has 0 N–H and O–H groups in total. The molecular formula is C15H8F4O3. The highest BCUT2D eigenvalue weighted by atomic mass is 19.4. The minimum absolute atomic E-state index is 0.0169. The minimum Gasteiger partial charge on any atom is -0.386 e. The second kappa shape index (κ2) is 5.97. The van der Waals surface area contributed by atoms with Gasteiger partial charge >= 0.3 is 18.1 Å². The Balaban J connectivity index is 2.26. The zero-order chi connectivity index (χ0) is 16.3. The summed E-state index contributed by atoms with van der Waals surface area (Å²) in [5.41, 5.74) is -2.54. The smallest absolute Gasteiger partial charge is 0.386 e. The molecule has 0 aliphatic rings. The summed E-state index contributed by atoms with van der Waals surface area (Å²) in [5.74, 6) is -4.35. The first-order valence-electron chi connectivity index (χ1n) is 5.98. The third-order valence-corrected chi connectivity index (χ3v) is 2.72. The first kappa shape index (κ1) is 15.7. The van der Waals surface area contributed by atoms with E-state index in [9.17, 15) is 27.2 Å². The predicted molar refractivity (Wildman–Crippen MR) is 67.6 cm³/mol. The van der Waals surface area contributed by atoms with Gasteiger partial charge in [-0.15, -0.1) is 0 Å². The number of hydrogen-bond acceptors (Lipinski definition) is 3. The summed E-state index contributed by atoms with van der Waals surface area (Å²) >= 11 is 0. The summed E-state index contributed by atoms with van der Waals surface area (Å²) in [7, 11) is 0. The zero-order valence-electron chi connectivity index (χ0n) is 10.9. The van der Waals surface area contributed by atoms with E-state index in [0.717, 1.165) is 12.1 Å². The molecule has 2 rings (SSSR count). The maximum Gasteiger partial charge on any atom is 0.419 e. The van der Waals surface area contributed by atoms with Gasteiger partial charge in [0.2, 0.25) is 0 Å². The maximum absolute atomic E-state index is 13.7. The number of carbonyl (C=O) groups is 2. The molecule has 0 aliphatic carbocycles. The fourth-order valence-corrected chi connectivity index (χ4v) is 1.68. The molecule has 0 atom stereocenters. The van der Waals surface area contributed by atoms with Crippen molar-refractivity contribution in [3.63, 3.8) is 0 Å². The molecule has 0 aromatic heterocycles. The van der Waals surface area contributed by atoms with Gasteiger partial charge in [0, 0.05) is 0 Å². The molecule has 2 aromatic carbocycles. The lowest BCUT2D eigenvalue weighted by Gasteiger charge is -2.10. The maximum atomic E-state index is 13.7. The van der Waals surface area contributed by atoms with Crippen LogP contribution in [0.3, 0.4) is 0 Å². The Bertz CT molecular complexity index is 708. The fourth-order valence-electron chi connectivity index (χ4n) is 1.68. The molecule has 0 fully saturated rings. The molecule has 0 saturated carbocycles. The van der Waals surface area contributed by atoms with Crippen LogP contribution in [0.4, 0.5) is 17.6 Å². The minimum atomic E-state index is -4.95. The van der Waals surface area contributed by atoms with Crippen LogP contribution in [-0.4, -0.2) is 11.9 Å². The lowest BCUT2D eigenvalue weighted by atomic mass is 10.1. The van der Waals surface area contributed by atoms with Gasteiger partial charge in [-0.05, 0) is 24.3 Å². The van der Waals surface area contributed by atoms with Crippen molar-refractivity contribution in [1.82, 2.24) is 0 Å². The number of alkyl halides is 3. The predicted octanol–water partition coefficient (Wildman–Crippen LogP) is 3.84. The Morgan fingerprint density at radius 2 is 1.50 bits per heavy atom. The summed E-state index contributed by atoms with van der Waals surface area (Å²) in [6.07, 6.45) is -4.95. The number of benzene rings is 2. The summed E-state index contributed by atoms with van der Waals surface area (Å²) in [5, 5.41) is 0. The normalized spacial score (nSPS) is 11.1. The van der Waals surface area contributed by atoms with Gasteiger partial charge in [0.25, 0.3) is 0 Å². The van der Waals surface area contributed by atoms with Crippen LogP contribution < -0.4 is 0 Å². The number of esters is 2. The monoisotopic (exact) mass is 312 g/mol. The number of ether oxygens (including phenoxy) is 1. The van der Waals surface area contributed by atoms with Crippen molar-refractivity contribution in [1.29, 1.82) is 0 Å². The van der Waals surface area contributed by atoms with Crippen LogP contribution in [0, 0.1) is 5.82 Å². The number of carbonyl (C=O) groups excluding carboxylic acids is 2. The largest absolute Gasteiger partial charge is 0.419 e. The highest BCUT2D eigenvalue weighted by Crippen LogP contribution is 2.32. The van der Waals surface area contributed by atoms with Crippen LogP contribution in [0.5, 0.6) is 0 Å². The van der Waals surface area contributed by atoms with Crippen LogP contribution in [0.1, 0.15) is 26.3 Å². The van der Waals surface area contributed by atoms with Crippen LogP contribution in [0.15, 0.2) is 48.5 Å². The number of rotatable bonds is 2. The van der Waals surface area contributed by atoms with E-state index >= 15 is 0 Å². The van der Waals surface area contributed by atoms with Gasteiger partial charge in [-0.3, -0.25) is 0 Å². The van der Waals surface area contributed by atoms with Crippen LogP contribution in [0.2, 0.25) is 0 Å². The highest BCUT2D eigenvalue weighted by molar-refractivity contribution is 6.02. The Hall–Kier alpha value is -2.70. The van der Waals surface area contributed by atoms with Gasteiger partial charge in [0.05, 0.1) is 16.7 Å². The second-order valence-corrected chi connectivity index (χ2v) is 4.21. The fraction of sp³-hybridized carbons (Fsp3) is 0.0667. The molecule has 114 valence electrons. The van der Waals surface area contributed by atoms with E-state index in [1.165, 1.54) is 24.3 Å². The highest BCUT2D eigenvalue weighted by Gasteiger charge is 2.36. The Labute approximate surface area is 122 Å². The van der Waals surface area contributed by atoms with Crippen molar-refractivity contribution in [3.05, 3.63) is 71.0 Å². The quantitative estimate of drug-likeness (QED) is 0.481. The van der Waals surface area contributed by atoms with Crippen molar-refractivity contribution in [2.24, 2.45) is 0 Å². The van der Waals surface area contributed by atoms with Crippen molar-refractivity contribution in [2.75, 3.05) is 0 Å². The van der Waals surface area contributed by atoms with E-state index in [4.69, 9.17) is 0 Å². The molecule has 0 bridgehead atoms. The third-order valence-electron chi connectivity index (χ3n) is 2.72. The Kier molecular flexibility index (Phi) is 4.25. The van der Waals surface area contributed by atoms with Crippen LogP contribution in [-0.2, 0) is 10.9 Å². The SMILES string of the molecule is O=C(OC(=O)c1cccc(C(F)(F)F)c1F)c1ccccc1. The molecule has 0 unspecified atom stereocenters. The molecule has 0 radical (unpaired) electrons. The average molecular weight is 312 g/mol. The summed E-state index contributed by atoms with van der Waals surface area (Å²) < 4.78 is 55.8. The summed E-state index contributed by atoms with van der Waals surface area (Å²) in [6.45, 7) is 0. The van der Waals surface area contributed by atoms with E-state index in [0.29, 0.717) is 6.07 Å². The summed E-state index contributed by atoms with van der Waals surface area (Å²) in [6, 6.07) is 9.48. The molecule has 0 spiro atoms. The molecule has 7 heteroatoms. The molecule has 22 heavy (non-hydrogen) atoms. The van der Waals surface area contributed by atoms with E-state index in [1.807, 2.05) is 0 Å². The van der Waals surface area contributed by atoms with E-state index in [-0.39, 0.29) is 5.56 Å². The van der Waals surface area contributed by atoms with Gasteiger partial charge in [0.1, 0.15) is 5.82 Å². The van der Waals surface area contributed by atoms with Crippen molar-refractivity contribution < 1.29 is 31.9 Å². The molecular weight excluding hydrogens is 304 g/mol. The standard InChI is InChI=1S/C15H8F4O3/c16-12-10(7-4-8-11(12)15(17,18)19)14(21)22-13(20)9-5-2-1-3-6-9/h1-8H. The summed E-state index contributed by atoms with van der Waals surface area (Å²) in [4.78, 5) is 23.3. The molecule has 0 aliphatic heterocycles. The first-order chi connectivity index (χ1) is 10.3. The van der Waals surface area contributed by atoms with Gasteiger partial charge < -0.3 is 4.74 Å². The lowest BCUT2D eigenvalue weighted by molar-refractivity contribution is -0.140. The topological polar surface area (TPSA) is 43.4 Å². The zero-order valence-corrected chi connectivity index (χ0v) is 10.9. The van der Waals surface area contributed by atoms with Gasteiger partial charge in [0.15, 0.2) is 0 Å². The Morgan fingerprint density at radius 1 is 0.864 bits per heavy atom. The third kappa shape index (κ3) is 3.30. The van der Waals surface area contributed by atoms with Crippen molar-refractivity contribution in [2.45, 2.75) is 6.18 Å². The van der Waals surface area contributed by atoms with Gasteiger partial charge in [-0.1, -0.05) is 24.3 Å². The Morgan fingerprint density at radius 3 is 2.09 bits per heavy atom. The lowest BCUT2D eigenvalue weighted by Crippen LogP contribution is -2.17. The van der Waals surface area contributed by atoms with Crippen molar-refractivity contribution in [3.8, 4) is 0 Å². The van der Waals surface area contributed by atoms with Crippen LogP contribution in [0.25, 0.3) is 0 Å². The second-order valence-electron chi connectivity index (χ2n) is 4.21. The van der Waals surface area contributed by atoms with Crippen LogP contribution >= 0.6 is 0 Å². The van der Waals surface area contributed by atoms with Crippen molar-refractivity contribution >= 4 is 11.9 Å². The van der Waals surface area contributed by atoms with E-state index in [1.54, 1.807) is 6.07 Å². The molecule has 2 aromatic rings. The number of hydrogen-bond donors (Lipinski definition) is 0. The first-order valence-corrected chi connectivity index (χ1v) is 5.98. The van der Waals surface area contributed by atoms with Gasteiger partial charge in [-0.25, -0.2) is 14.0 Å². The molecule has 3 nitrogen and oxygen atoms in total. The molecule has 0 heterocycles.